The molecule has 2 aliphatic rings. The van der Waals surface area contributed by atoms with Gasteiger partial charge in [0.2, 0.25) is 5.60 Å². The normalized spacial score (nSPS) is 27.2. The zero-order valence-electron chi connectivity index (χ0n) is 20.1. The molecule has 1 saturated heterocycles. The van der Waals surface area contributed by atoms with Crippen LogP contribution in [0.3, 0.4) is 0 Å². The number of ether oxygens (including phenoxy) is 2. The molecule has 2 aromatic carbocycles. The van der Waals surface area contributed by atoms with Crippen molar-refractivity contribution in [2.24, 2.45) is 10.8 Å². The molecule has 0 amide bonds. The van der Waals surface area contributed by atoms with E-state index in [1.807, 2.05) is 51.1 Å². The highest BCUT2D eigenvalue weighted by molar-refractivity contribution is 7.66. The van der Waals surface area contributed by atoms with E-state index in [0.717, 1.165) is 11.1 Å². The van der Waals surface area contributed by atoms with Gasteiger partial charge in [0.25, 0.3) is 0 Å². The summed E-state index contributed by atoms with van der Waals surface area (Å²) in [5, 5.41) is 1.42. The van der Waals surface area contributed by atoms with Crippen molar-refractivity contribution >= 4 is 25.2 Å². The molecule has 1 aliphatic carbocycles. The highest BCUT2D eigenvalue weighted by atomic mass is 31.1. The summed E-state index contributed by atoms with van der Waals surface area (Å²) in [4.78, 5) is 26.2. The minimum atomic E-state index is -1.24. The Labute approximate surface area is 192 Å². The Bertz CT molecular complexity index is 1080. The van der Waals surface area contributed by atoms with Crippen molar-refractivity contribution in [3.63, 3.8) is 0 Å². The average molecular weight is 453 g/mol. The first-order valence-electron chi connectivity index (χ1n) is 11.2. The molecule has 2 fully saturated rings. The molecule has 0 aromatic heterocycles. The van der Waals surface area contributed by atoms with Crippen molar-refractivity contribution < 1.29 is 19.1 Å². The number of hydrogen-bond donors (Lipinski definition) is 0. The number of carbonyl (C=O) groups is 2. The molecule has 1 aliphatic heterocycles. The van der Waals surface area contributed by atoms with Gasteiger partial charge in [0.1, 0.15) is 5.75 Å². The van der Waals surface area contributed by atoms with E-state index < -0.39 is 30.3 Å². The summed E-state index contributed by atoms with van der Waals surface area (Å²) in [5.74, 6) is -0.272. The van der Waals surface area contributed by atoms with E-state index in [1.54, 1.807) is 0 Å². The summed E-state index contributed by atoms with van der Waals surface area (Å²) in [5.41, 5.74) is -0.576. The molecule has 3 atom stereocenters. The summed E-state index contributed by atoms with van der Waals surface area (Å²) >= 11 is 0. The van der Waals surface area contributed by atoms with Crippen LogP contribution in [0.4, 0.5) is 0 Å². The molecule has 170 valence electrons. The van der Waals surface area contributed by atoms with Crippen LogP contribution in [0.1, 0.15) is 54.4 Å². The maximum absolute atomic E-state index is 13.6. The van der Waals surface area contributed by atoms with Gasteiger partial charge in [-0.3, -0.25) is 4.79 Å². The van der Waals surface area contributed by atoms with Gasteiger partial charge in [0.15, 0.2) is 0 Å². The highest BCUT2D eigenvalue weighted by Crippen LogP contribution is 2.65. The van der Waals surface area contributed by atoms with Crippen molar-refractivity contribution in [3.05, 3.63) is 48.5 Å². The molecule has 5 heteroatoms. The van der Waals surface area contributed by atoms with E-state index in [2.05, 4.69) is 45.6 Å². The molecule has 1 heterocycles. The summed E-state index contributed by atoms with van der Waals surface area (Å²) in [6.45, 7) is 14.9. The second kappa shape index (κ2) is 7.42. The smallest absolute Gasteiger partial charge is 0.356 e. The standard InChI is InChI=1S/C27H33O4P/c1-24(2,3)32(7)21-15-11-9-13-19(21)18-12-8-10-14-20(18)30-23(29)27-17-16-26(6,22(28)31-27)25(27,4)5/h8-15H,16-17H2,1-7H3/t26?,27-,32?/m1/s1. The van der Waals surface area contributed by atoms with Gasteiger partial charge in [0.05, 0.1) is 5.41 Å². The summed E-state index contributed by atoms with van der Waals surface area (Å²) < 4.78 is 11.8. The first-order chi connectivity index (χ1) is 14.8. The Morgan fingerprint density at radius 3 is 2.12 bits per heavy atom. The minimum Gasteiger partial charge on any atom is -0.446 e. The Hall–Kier alpha value is -2.19. The highest BCUT2D eigenvalue weighted by Gasteiger charge is 2.76. The molecule has 2 bridgehead atoms. The van der Waals surface area contributed by atoms with E-state index in [4.69, 9.17) is 9.47 Å². The number of para-hydroxylation sites is 1. The van der Waals surface area contributed by atoms with Gasteiger partial charge in [-0.1, -0.05) is 85.0 Å². The fourth-order valence-corrected chi connectivity index (χ4v) is 6.61. The largest absolute Gasteiger partial charge is 0.446 e. The zero-order valence-corrected chi connectivity index (χ0v) is 21.0. The van der Waals surface area contributed by atoms with Crippen molar-refractivity contribution in [1.82, 2.24) is 0 Å². The number of carbonyl (C=O) groups excluding carboxylic acids is 2. The van der Waals surface area contributed by atoms with E-state index in [0.29, 0.717) is 18.6 Å². The predicted octanol–water partition coefficient (Wildman–Crippen LogP) is 5.92. The van der Waals surface area contributed by atoms with Crippen molar-refractivity contribution in [2.75, 3.05) is 6.66 Å². The molecular formula is C27H33O4P. The van der Waals surface area contributed by atoms with Crippen LogP contribution in [0.5, 0.6) is 5.75 Å². The summed E-state index contributed by atoms with van der Waals surface area (Å²) in [7, 11) is -0.447. The van der Waals surface area contributed by atoms with Crippen LogP contribution in [0.25, 0.3) is 11.1 Å². The summed E-state index contributed by atoms with van der Waals surface area (Å²) in [6, 6.07) is 16.0. The number of rotatable bonds is 4. The molecule has 4 nitrogen and oxygen atoms in total. The van der Waals surface area contributed by atoms with E-state index in [9.17, 15) is 9.59 Å². The van der Waals surface area contributed by atoms with Gasteiger partial charge < -0.3 is 9.47 Å². The molecule has 0 radical (unpaired) electrons. The first-order valence-corrected chi connectivity index (χ1v) is 13.0. The van der Waals surface area contributed by atoms with Gasteiger partial charge >= 0.3 is 11.9 Å². The SMILES string of the molecule is CP(c1ccccc1-c1ccccc1OC(=O)[C@@]12CCC(C)(C(=O)O1)C2(C)C)C(C)(C)C. The zero-order chi connectivity index (χ0) is 23.5. The maximum atomic E-state index is 13.6. The van der Waals surface area contributed by atoms with E-state index in [-0.39, 0.29) is 11.1 Å². The Morgan fingerprint density at radius 1 is 0.969 bits per heavy atom. The van der Waals surface area contributed by atoms with E-state index >= 15 is 0 Å². The number of fused-ring (bicyclic) bond motifs is 2. The second-order valence-corrected chi connectivity index (χ2v) is 13.7. The van der Waals surface area contributed by atoms with Gasteiger partial charge in [-0.25, -0.2) is 4.79 Å². The monoisotopic (exact) mass is 452 g/mol. The van der Waals surface area contributed by atoms with Crippen LogP contribution < -0.4 is 10.0 Å². The molecule has 2 unspecified atom stereocenters. The van der Waals surface area contributed by atoms with Crippen LogP contribution in [-0.4, -0.2) is 29.4 Å². The average Bonchev–Trinajstić information content (AvgIpc) is 3.03. The van der Waals surface area contributed by atoms with Gasteiger partial charge in [-0.15, -0.1) is 0 Å². The summed E-state index contributed by atoms with van der Waals surface area (Å²) in [6.07, 6.45) is 1.12. The van der Waals surface area contributed by atoms with Crippen molar-refractivity contribution in [3.8, 4) is 16.9 Å². The second-order valence-electron chi connectivity index (χ2n) is 10.8. The maximum Gasteiger partial charge on any atom is 0.356 e. The number of benzene rings is 2. The number of hydrogen-bond acceptors (Lipinski definition) is 4. The fourth-order valence-electron chi connectivity index (χ4n) is 5.02. The Morgan fingerprint density at radius 2 is 1.56 bits per heavy atom. The predicted molar refractivity (Wildman–Crippen MR) is 130 cm³/mol. The van der Waals surface area contributed by atoms with Gasteiger partial charge in [-0.05, 0) is 48.5 Å². The van der Waals surface area contributed by atoms with Crippen molar-refractivity contribution in [1.29, 1.82) is 0 Å². The fraction of sp³-hybridized carbons (Fsp3) is 0.481. The third-order valence-electron chi connectivity index (χ3n) is 8.06. The third kappa shape index (κ3) is 3.14. The first kappa shape index (κ1) is 23.0. The quantitative estimate of drug-likeness (QED) is 0.328. The lowest BCUT2D eigenvalue weighted by Crippen LogP contribution is -2.50. The molecule has 0 N–H and O–H groups in total. The molecule has 4 rings (SSSR count). The Balaban J connectivity index is 1.74. The van der Waals surface area contributed by atoms with Crippen LogP contribution in [0.15, 0.2) is 48.5 Å². The molecule has 32 heavy (non-hydrogen) atoms. The topological polar surface area (TPSA) is 52.6 Å². The molecule has 2 aromatic rings. The lowest BCUT2D eigenvalue weighted by atomic mass is 9.66. The lowest BCUT2D eigenvalue weighted by Gasteiger charge is -2.34. The molecule has 0 spiro atoms. The van der Waals surface area contributed by atoms with Crippen LogP contribution >= 0.6 is 7.92 Å². The Kier molecular flexibility index (Phi) is 5.33. The lowest BCUT2D eigenvalue weighted by molar-refractivity contribution is -0.176. The van der Waals surface area contributed by atoms with Gasteiger partial charge in [0, 0.05) is 11.0 Å². The van der Waals surface area contributed by atoms with Gasteiger partial charge in [-0.2, -0.15) is 0 Å². The number of esters is 2. The van der Waals surface area contributed by atoms with E-state index in [1.165, 1.54) is 5.30 Å². The molecular weight excluding hydrogens is 419 g/mol. The third-order valence-corrected chi connectivity index (χ3v) is 11.2. The minimum absolute atomic E-state index is 0.145. The molecule has 1 saturated carbocycles. The van der Waals surface area contributed by atoms with Crippen LogP contribution in [-0.2, 0) is 14.3 Å². The van der Waals surface area contributed by atoms with Crippen LogP contribution in [0, 0.1) is 10.8 Å². The van der Waals surface area contributed by atoms with Crippen molar-refractivity contribution in [2.45, 2.75) is 65.1 Å². The van der Waals surface area contributed by atoms with Crippen LogP contribution in [0.2, 0.25) is 0 Å².